The summed E-state index contributed by atoms with van der Waals surface area (Å²) in [5.74, 6) is -0.748. The first kappa shape index (κ1) is 14.8. The summed E-state index contributed by atoms with van der Waals surface area (Å²) < 4.78 is 16.2. The van der Waals surface area contributed by atoms with E-state index in [0.29, 0.717) is 0 Å². The summed E-state index contributed by atoms with van der Waals surface area (Å²) >= 11 is 0. The lowest BCUT2D eigenvalue weighted by Gasteiger charge is -2.07. The van der Waals surface area contributed by atoms with Gasteiger partial charge in [-0.1, -0.05) is 12.1 Å². The third-order valence-electron chi connectivity index (χ3n) is 1.58. The van der Waals surface area contributed by atoms with Crippen molar-refractivity contribution in [3.63, 3.8) is 0 Å². The summed E-state index contributed by atoms with van der Waals surface area (Å²) in [6.07, 6.45) is -6.95. The first-order valence-electron chi connectivity index (χ1n) is 4.72. The van der Waals surface area contributed by atoms with Crippen molar-refractivity contribution in [3.05, 3.63) is 24.3 Å². The molecule has 10 nitrogen and oxygen atoms in total. The first-order valence-corrected chi connectivity index (χ1v) is 4.72. The van der Waals surface area contributed by atoms with Gasteiger partial charge in [0.2, 0.25) is 0 Å². The van der Waals surface area contributed by atoms with Gasteiger partial charge in [-0.25, -0.2) is 19.2 Å². The number of hydrogen-bond donors (Lipinski definition) is 2. The molecular weight excluding hydrogens is 280 g/mol. The maximum atomic E-state index is 10.9. The molecule has 1 aromatic rings. The predicted octanol–water partition coefficient (Wildman–Crippen LogP) is 2.07. The van der Waals surface area contributed by atoms with Crippen molar-refractivity contribution in [2.75, 3.05) is 0 Å². The summed E-state index contributed by atoms with van der Waals surface area (Å²) in [5, 5.41) is 16.4. The van der Waals surface area contributed by atoms with E-state index in [1.807, 2.05) is 0 Å². The van der Waals surface area contributed by atoms with E-state index in [9.17, 15) is 19.2 Å². The molecule has 0 radical (unpaired) electrons. The smallest absolute Gasteiger partial charge is 0.449 e. The Balaban J connectivity index is 2.77. The van der Waals surface area contributed by atoms with Gasteiger partial charge < -0.3 is 29.2 Å². The molecule has 0 spiro atoms. The molecule has 1 aromatic carbocycles. The Morgan fingerprint density at radius 2 is 1.10 bits per heavy atom. The second-order valence-electron chi connectivity index (χ2n) is 2.89. The number of hydrogen-bond acceptors (Lipinski definition) is 8. The normalized spacial score (nSPS) is 9.20. The largest absolute Gasteiger partial charge is 0.524 e. The number of benzene rings is 1. The molecule has 10 heteroatoms. The number of rotatable bonds is 2. The van der Waals surface area contributed by atoms with Crippen LogP contribution in [0.25, 0.3) is 0 Å². The third-order valence-corrected chi connectivity index (χ3v) is 1.58. The van der Waals surface area contributed by atoms with Crippen LogP contribution in [0, 0.1) is 0 Å². The van der Waals surface area contributed by atoms with Crippen LogP contribution in [0.4, 0.5) is 19.2 Å². The summed E-state index contributed by atoms with van der Waals surface area (Å²) in [4.78, 5) is 42.1. The topological polar surface area (TPSA) is 146 Å². The average molecular weight is 286 g/mol. The molecule has 0 saturated carbocycles. The summed E-state index contributed by atoms with van der Waals surface area (Å²) in [6.45, 7) is 0. The van der Waals surface area contributed by atoms with Gasteiger partial charge in [-0.05, 0) is 12.1 Å². The Bertz CT molecular complexity index is 500. The average Bonchev–Trinajstić information content (AvgIpc) is 2.29. The molecule has 0 aliphatic carbocycles. The molecular formula is C10H6O10. The second-order valence-corrected chi connectivity index (χ2v) is 2.89. The number of carboxylic acid groups (broad SMARTS) is 2. The van der Waals surface area contributed by atoms with Crippen LogP contribution in [0.5, 0.6) is 11.5 Å². The van der Waals surface area contributed by atoms with E-state index in [1.54, 1.807) is 0 Å². The molecule has 0 aromatic heterocycles. The minimum absolute atomic E-state index is 0.374. The predicted molar refractivity (Wildman–Crippen MR) is 56.7 cm³/mol. The number of ether oxygens (including phenoxy) is 4. The SMILES string of the molecule is O=C(O)OC(=O)Oc1ccccc1OC(=O)OC(=O)O. The molecule has 0 heterocycles. The van der Waals surface area contributed by atoms with Crippen molar-refractivity contribution in [2.45, 2.75) is 0 Å². The Labute approximate surface area is 110 Å². The van der Waals surface area contributed by atoms with Crippen molar-refractivity contribution in [1.29, 1.82) is 0 Å². The molecule has 0 saturated heterocycles. The standard InChI is InChI=1S/C10H6O10/c11-7(12)19-9(15)17-5-3-1-2-4-6(5)18-10(16)20-8(13)14/h1-4H,(H,11,12)(H,13,14). The quantitative estimate of drug-likeness (QED) is 0.470. The summed E-state index contributed by atoms with van der Waals surface area (Å²) in [6, 6.07) is 5.04. The van der Waals surface area contributed by atoms with Crippen molar-refractivity contribution in [2.24, 2.45) is 0 Å². The molecule has 0 bridgehead atoms. The Kier molecular flexibility index (Phi) is 4.86. The monoisotopic (exact) mass is 286 g/mol. The molecule has 2 N–H and O–H groups in total. The first-order chi connectivity index (χ1) is 9.38. The van der Waals surface area contributed by atoms with E-state index in [1.165, 1.54) is 12.1 Å². The summed E-state index contributed by atoms with van der Waals surface area (Å²) in [5.41, 5.74) is 0. The maximum Gasteiger partial charge on any atom is 0.524 e. The van der Waals surface area contributed by atoms with E-state index in [2.05, 4.69) is 18.9 Å². The lowest BCUT2D eigenvalue weighted by molar-refractivity contribution is 0.0770. The van der Waals surface area contributed by atoms with Gasteiger partial charge in [-0.2, -0.15) is 0 Å². The molecule has 0 unspecified atom stereocenters. The van der Waals surface area contributed by atoms with E-state index in [0.717, 1.165) is 12.1 Å². The van der Waals surface area contributed by atoms with Crippen molar-refractivity contribution >= 4 is 24.6 Å². The minimum Gasteiger partial charge on any atom is -0.449 e. The van der Waals surface area contributed by atoms with Gasteiger partial charge in [0.25, 0.3) is 0 Å². The molecule has 0 fully saturated rings. The third kappa shape index (κ3) is 4.91. The van der Waals surface area contributed by atoms with Crippen LogP contribution in [-0.2, 0) is 9.47 Å². The van der Waals surface area contributed by atoms with Crippen LogP contribution in [0.2, 0.25) is 0 Å². The van der Waals surface area contributed by atoms with Gasteiger partial charge in [0.15, 0.2) is 11.5 Å². The zero-order valence-corrected chi connectivity index (χ0v) is 9.47. The fraction of sp³-hybridized carbons (Fsp3) is 0. The van der Waals surface area contributed by atoms with E-state index >= 15 is 0 Å². The van der Waals surface area contributed by atoms with Crippen LogP contribution in [0.1, 0.15) is 0 Å². The molecule has 0 amide bonds. The number of carbonyl (C=O) groups excluding carboxylic acids is 2. The zero-order chi connectivity index (χ0) is 15.1. The maximum absolute atomic E-state index is 10.9. The van der Waals surface area contributed by atoms with Crippen LogP contribution in [0.15, 0.2) is 24.3 Å². The molecule has 0 atom stereocenters. The van der Waals surface area contributed by atoms with Crippen molar-refractivity contribution in [1.82, 2.24) is 0 Å². The molecule has 1 rings (SSSR count). The fourth-order valence-electron chi connectivity index (χ4n) is 0.983. The minimum atomic E-state index is -1.89. The highest BCUT2D eigenvalue weighted by atomic mass is 16.8. The van der Waals surface area contributed by atoms with Crippen LogP contribution in [0.3, 0.4) is 0 Å². The highest BCUT2D eigenvalue weighted by Gasteiger charge is 2.18. The van der Waals surface area contributed by atoms with Crippen LogP contribution in [-0.4, -0.2) is 34.8 Å². The van der Waals surface area contributed by atoms with Gasteiger partial charge in [0, 0.05) is 0 Å². The van der Waals surface area contributed by atoms with Gasteiger partial charge in [0.05, 0.1) is 0 Å². The van der Waals surface area contributed by atoms with Gasteiger partial charge in [-0.3, -0.25) is 0 Å². The van der Waals surface area contributed by atoms with Crippen molar-refractivity contribution in [3.8, 4) is 11.5 Å². The molecule has 106 valence electrons. The Morgan fingerprint density at radius 3 is 1.40 bits per heavy atom. The Hall–Kier alpha value is -3.30. The Morgan fingerprint density at radius 1 is 0.750 bits per heavy atom. The highest BCUT2D eigenvalue weighted by molar-refractivity contribution is 5.79. The van der Waals surface area contributed by atoms with Gasteiger partial charge in [0.1, 0.15) is 0 Å². The number of carbonyl (C=O) groups is 4. The zero-order valence-electron chi connectivity index (χ0n) is 9.47. The van der Waals surface area contributed by atoms with E-state index < -0.39 is 24.6 Å². The number of para-hydroxylation sites is 2. The van der Waals surface area contributed by atoms with Gasteiger partial charge in [-0.15, -0.1) is 0 Å². The summed E-state index contributed by atoms with van der Waals surface area (Å²) in [7, 11) is 0. The lowest BCUT2D eigenvalue weighted by Crippen LogP contribution is -2.17. The molecule has 0 aliphatic heterocycles. The van der Waals surface area contributed by atoms with E-state index in [-0.39, 0.29) is 11.5 Å². The molecule has 0 aliphatic rings. The fourth-order valence-corrected chi connectivity index (χ4v) is 0.983. The highest BCUT2D eigenvalue weighted by Crippen LogP contribution is 2.27. The van der Waals surface area contributed by atoms with Crippen LogP contribution < -0.4 is 9.47 Å². The second kappa shape index (κ2) is 6.58. The van der Waals surface area contributed by atoms with E-state index in [4.69, 9.17) is 10.2 Å². The van der Waals surface area contributed by atoms with Crippen molar-refractivity contribution < 1.29 is 48.3 Å². The molecule has 20 heavy (non-hydrogen) atoms. The van der Waals surface area contributed by atoms with Crippen LogP contribution >= 0.6 is 0 Å². The lowest BCUT2D eigenvalue weighted by atomic mass is 10.3. The van der Waals surface area contributed by atoms with Gasteiger partial charge >= 0.3 is 24.6 Å².